The third kappa shape index (κ3) is 5.09. The molecular weight excluding hydrogens is 488 g/mol. The van der Waals surface area contributed by atoms with Crippen LogP contribution in [0.1, 0.15) is 17.7 Å². The number of nitrogens with two attached hydrogens (primary N) is 1. The van der Waals surface area contributed by atoms with Gasteiger partial charge in [0.25, 0.3) is 0 Å². The van der Waals surface area contributed by atoms with Crippen LogP contribution in [0.2, 0.25) is 0 Å². The van der Waals surface area contributed by atoms with Gasteiger partial charge in [-0.15, -0.1) is 11.3 Å². The number of nitrogen functional groups attached to an aromatic ring is 1. The number of sulfonamides is 1. The summed E-state index contributed by atoms with van der Waals surface area (Å²) < 4.78 is 32.9. The zero-order valence-electron chi connectivity index (χ0n) is 19.9. The van der Waals surface area contributed by atoms with E-state index in [-0.39, 0.29) is 11.2 Å². The molecule has 0 saturated carbocycles. The molecule has 188 valence electrons. The molecule has 0 radical (unpaired) electrons. The average Bonchev–Trinajstić information content (AvgIpc) is 3.27. The normalized spacial score (nSPS) is 18.5. The highest BCUT2D eigenvalue weighted by molar-refractivity contribution is 7.89. The number of rotatable bonds is 6. The van der Waals surface area contributed by atoms with Crippen LogP contribution < -0.4 is 10.6 Å². The Labute approximate surface area is 209 Å². The molecule has 11 nitrogen and oxygen atoms in total. The number of likely N-dealkylation sites (tertiary alicyclic amines) is 1. The first-order chi connectivity index (χ1) is 16.8. The van der Waals surface area contributed by atoms with Gasteiger partial charge in [0.2, 0.25) is 16.0 Å². The van der Waals surface area contributed by atoms with Crippen LogP contribution in [0.25, 0.3) is 21.6 Å². The Kier molecular flexibility index (Phi) is 6.86. The Morgan fingerprint density at radius 3 is 2.46 bits per heavy atom. The number of thiophene rings is 1. The number of hydrogen-bond donors (Lipinski definition) is 1. The van der Waals surface area contributed by atoms with Crippen LogP contribution in [0.5, 0.6) is 0 Å². The number of hydrogen-bond acceptors (Lipinski definition) is 11. The summed E-state index contributed by atoms with van der Waals surface area (Å²) in [6, 6.07) is 2.12. The molecule has 0 atom stereocenters. The molecule has 0 aliphatic carbocycles. The Morgan fingerprint density at radius 2 is 1.80 bits per heavy atom. The summed E-state index contributed by atoms with van der Waals surface area (Å²) in [4.78, 5) is 23.7. The van der Waals surface area contributed by atoms with Gasteiger partial charge in [-0.1, -0.05) is 0 Å². The maximum atomic E-state index is 12.5. The lowest BCUT2D eigenvalue weighted by atomic mass is 10.1. The molecule has 2 fully saturated rings. The van der Waals surface area contributed by atoms with Gasteiger partial charge in [0, 0.05) is 51.0 Å². The Bertz CT molecular complexity index is 1280. The standard InChI is InChI=1S/C22H30N8O3S2/c1-28(2)35(31,32)17-3-5-29(6-4-17)14-16-11-18-19(34-16)21(30-7-9-33-10-8-30)27-20(26-18)15-12-24-22(23)25-13-15/h11-13,17H,3-10,14H2,1-2H3,(H2,23,24,25). The number of fused-ring (bicyclic) bond motifs is 1. The quantitative estimate of drug-likeness (QED) is 0.511. The fourth-order valence-electron chi connectivity index (χ4n) is 4.50. The van der Waals surface area contributed by atoms with E-state index in [0.29, 0.717) is 37.4 Å². The van der Waals surface area contributed by atoms with Crippen LogP contribution in [0.15, 0.2) is 18.5 Å². The zero-order chi connectivity index (χ0) is 24.6. The molecule has 5 rings (SSSR count). The second-order valence-electron chi connectivity index (χ2n) is 9.03. The van der Waals surface area contributed by atoms with E-state index in [1.54, 1.807) is 37.8 Å². The summed E-state index contributed by atoms with van der Waals surface area (Å²) in [5.74, 6) is 1.68. The van der Waals surface area contributed by atoms with Crippen LogP contribution in [0.4, 0.5) is 11.8 Å². The maximum Gasteiger partial charge on any atom is 0.219 e. The van der Waals surface area contributed by atoms with Crippen LogP contribution in [-0.2, 0) is 21.3 Å². The van der Waals surface area contributed by atoms with Crippen molar-refractivity contribution in [3.8, 4) is 11.4 Å². The lowest BCUT2D eigenvalue weighted by Crippen LogP contribution is -2.42. The van der Waals surface area contributed by atoms with Gasteiger partial charge < -0.3 is 15.4 Å². The largest absolute Gasteiger partial charge is 0.378 e. The molecule has 0 unspecified atom stereocenters. The van der Waals surface area contributed by atoms with Crippen molar-refractivity contribution in [3.63, 3.8) is 0 Å². The van der Waals surface area contributed by atoms with Crippen LogP contribution in [0.3, 0.4) is 0 Å². The van der Waals surface area contributed by atoms with E-state index in [9.17, 15) is 8.42 Å². The van der Waals surface area contributed by atoms with E-state index < -0.39 is 10.0 Å². The number of aromatic nitrogens is 4. The molecule has 0 spiro atoms. The van der Waals surface area contributed by atoms with Crippen LogP contribution >= 0.6 is 11.3 Å². The maximum absolute atomic E-state index is 12.5. The second-order valence-corrected chi connectivity index (χ2v) is 12.6. The second kappa shape index (κ2) is 9.90. The monoisotopic (exact) mass is 518 g/mol. The highest BCUT2D eigenvalue weighted by Gasteiger charge is 2.31. The minimum absolute atomic E-state index is 0.211. The van der Waals surface area contributed by atoms with Gasteiger partial charge in [0.1, 0.15) is 0 Å². The molecule has 5 heterocycles. The van der Waals surface area contributed by atoms with Gasteiger partial charge in [-0.25, -0.2) is 32.7 Å². The Hall–Kier alpha value is -2.45. The number of morpholine rings is 1. The zero-order valence-corrected chi connectivity index (χ0v) is 21.6. The van der Waals surface area contributed by atoms with Crippen molar-refractivity contribution in [1.82, 2.24) is 29.1 Å². The van der Waals surface area contributed by atoms with Crippen LogP contribution in [0, 0.1) is 0 Å². The van der Waals surface area contributed by atoms with Gasteiger partial charge in [0.05, 0.1) is 34.2 Å². The van der Waals surface area contributed by atoms with E-state index in [0.717, 1.165) is 48.8 Å². The smallest absolute Gasteiger partial charge is 0.219 e. The number of piperidine rings is 1. The fourth-order valence-corrected chi connectivity index (χ4v) is 7.06. The number of ether oxygens (including phenoxy) is 1. The van der Waals surface area contributed by atoms with E-state index >= 15 is 0 Å². The first kappa shape index (κ1) is 24.3. The SMILES string of the molecule is CN(C)S(=O)(=O)C1CCN(Cc2cc3nc(-c4cnc(N)nc4)nc(N4CCOCC4)c3s2)CC1. The highest BCUT2D eigenvalue weighted by Crippen LogP contribution is 2.35. The molecule has 2 aliphatic rings. The molecule has 0 amide bonds. The summed E-state index contributed by atoms with van der Waals surface area (Å²) in [6.07, 6.45) is 4.58. The first-order valence-corrected chi connectivity index (χ1v) is 14.0. The van der Waals surface area contributed by atoms with E-state index in [2.05, 4.69) is 25.8 Å². The van der Waals surface area contributed by atoms with Gasteiger partial charge in [-0.05, 0) is 32.0 Å². The predicted octanol–water partition coefficient (Wildman–Crippen LogP) is 1.42. The van der Waals surface area contributed by atoms with Gasteiger partial charge in [-0.3, -0.25) is 4.90 Å². The minimum Gasteiger partial charge on any atom is -0.378 e. The van der Waals surface area contributed by atoms with Crippen molar-refractivity contribution >= 4 is 43.3 Å². The summed E-state index contributed by atoms with van der Waals surface area (Å²) in [5.41, 5.74) is 7.26. The van der Waals surface area contributed by atoms with Gasteiger partial charge >= 0.3 is 0 Å². The molecule has 2 saturated heterocycles. The first-order valence-electron chi connectivity index (χ1n) is 11.7. The molecule has 35 heavy (non-hydrogen) atoms. The Balaban J connectivity index is 1.41. The summed E-state index contributed by atoms with van der Waals surface area (Å²) >= 11 is 1.70. The molecule has 2 aliphatic heterocycles. The van der Waals surface area contributed by atoms with Crippen molar-refractivity contribution in [2.24, 2.45) is 0 Å². The minimum atomic E-state index is -3.21. The van der Waals surface area contributed by atoms with Crippen LogP contribution in [-0.4, -0.2) is 96.3 Å². The van der Waals surface area contributed by atoms with E-state index in [1.165, 1.54) is 9.18 Å². The number of anilines is 2. The van der Waals surface area contributed by atoms with E-state index in [4.69, 9.17) is 20.4 Å². The summed E-state index contributed by atoms with van der Waals surface area (Å²) in [7, 11) is 0.00435. The van der Waals surface area contributed by atoms with Crippen molar-refractivity contribution in [1.29, 1.82) is 0 Å². The van der Waals surface area contributed by atoms with Gasteiger partial charge in [0.15, 0.2) is 11.6 Å². The van der Waals surface area contributed by atoms with Crippen molar-refractivity contribution in [2.75, 3.05) is 64.1 Å². The highest BCUT2D eigenvalue weighted by atomic mass is 32.2. The van der Waals surface area contributed by atoms with Crippen molar-refractivity contribution < 1.29 is 13.2 Å². The molecule has 0 aromatic carbocycles. The summed E-state index contributed by atoms with van der Waals surface area (Å²) in [6.45, 7) is 5.13. The molecule has 13 heteroatoms. The topological polar surface area (TPSA) is 131 Å². The lowest BCUT2D eigenvalue weighted by Gasteiger charge is -2.32. The third-order valence-electron chi connectivity index (χ3n) is 6.49. The third-order valence-corrected chi connectivity index (χ3v) is 9.93. The lowest BCUT2D eigenvalue weighted by molar-refractivity contribution is 0.122. The predicted molar refractivity (Wildman–Crippen MR) is 137 cm³/mol. The molecule has 2 N–H and O–H groups in total. The Morgan fingerprint density at radius 1 is 1.11 bits per heavy atom. The molecular formula is C22H30N8O3S2. The average molecular weight is 519 g/mol. The van der Waals surface area contributed by atoms with Crippen molar-refractivity contribution in [3.05, 3.63) is 23.3 Å². The van der Waals surface area contributed by atoms with E-state index in [1.807, 2.05) is 0 Å². The fraction of sp³-hybridized carbons (Fsp3) is 0.545. The molecule has 0 bridgehead atoms. The number of nitrogens with zero attached hydrogens (tertiary/aromatic N) is 7. The molecule has 3 aromatic rings. The van der Waals surface area contributed by atoms with Gasteiger partial charge in [-0.2, -0.15) is 0 Å². The molecule has 3 aromatic heterocycles. The summed E-state index contributed by atoms with van der Waals surface area (Å²) in [5, 5.41) is -0.306. The van der Waals surface area contributed by atoms with Crippen molar-refractivity contribution in [2.45, 2.75) is 24.6 Å².